The second-order valence-corrected chi connectivity index (χ2v) is 13.9. The number of anilines is 2. The molecule has 248 valence electrons. The molecule has 2 bridgehead atoms. The summed E-state index contributed by atoms with van der Waals surface area (Å²) in [5.41, 5.74) is -2.97. The van der Waals surface area contributed by atoms with Gasteiger partial charge in [-0.05, 0) is 85.5 Å². The monoisotopic (exact) mass is 646 g/mol. The van der Waals surface area contributed by atoms with Crippen molar-refractivity contribution in [1.29, 1.82) is 0 Å². The van der Waals surface area contributed by atoms with E-state index in [1.165, 1.54) is 0 Å². The number of fused-ring (bicyclic) bond motifs is 3. The van der Waals surface area contributed by atoms with Crippen molar-refractivity contribution < 1.29 is 47.6 Å². The van der Waals surface area contributed by atoms with Gasteiger partial charge >= 0.3 is 12.1 Å². The van der Waals surface area contributed by atoms with Gasteiger partial charge < -0.3 is 35.0 Å². The number of carbonyl (C=O) groups excluding carboxylic acids is 1. The van der Waals surface area contributed by atoms with Crippen LogP contribution in [-0.2, 0) is 21.1 Å². The number of aliphatic hydroxyl groups is 2. The molecule has 1 spiro atoms. The Balaban J connectivity index is 1.21. The molecule has 1 aromatic heterocycles. The molecule has 3 heterocycles. The molecule has 2 aromatic rings. The van der Waals surface area contributed by atoms with Crippen molar-refractivity contribution in [2.45, 2.75) is 68.7 Å². The molecule has 2 aliphatic heterocycles. The highest BCUT2D eigenvalue weighted by Crippen LogP contribution is 2.70. The molecule has 3 saturated carbocycles. The average molecular weight is 647 g/mol. The summed E-state index contributed by atoms with van der Waals surface area (Å²) in [6.07, 6.45) is -1.77. The molecule has 1 saturated heterocycles. The number of aliphatic hydroxyl groups excluding tert-OH is 2. The van der Waals surface area contributed by atoms with E-state index in [1.807, 2.05) is 0 Å². The number of carboxylic acid groups (broad SMARTS) is 1. The maximum absolute atomic E-state index is 14.6. The largest absolute Gasteiger partial charge is 0.491 e. The van der Waals surface area contributed by atoms with Crippen LogP contribution in [0.3, 0.4) is 0 Å². The van der Waals surface area contributed by atoms with E-state index in [-0.39, 0.29) is 42.8 Å². The summed E-state index contributed by atoms with van der Waals surface area (Å²) in [6.45, 7) is 2.70. The Labute approximate surface area is 263 Å². The standard InChI is InChI=1S/C32H37F3N4O7/c1-29-11-19-9-17(29)8-18(29)12-31(19,27(43)44)38-26(42)22-13-36-28(37-25(22)32(33,34)35)39-16-30(4-6-45-7-5-30)23-10-21(2-3-24(23)39)46-15-20(41)14-40/h2-3,10,13,17-20,40-41H,4-9,11-12,14-16H2,1H3,(H,38,42)(H,43,44)/t17?,18?,19?,20-,29?,31?/m1/s1. The fraction of sp³-hybridized carbons (Fsp3) is 0.625. The highest BCUT2D eigenvalue weighted by molar-refractivity contribution is 5.99. The maximum Gasteiger partial charge on any atom is 0.434 e. The fourth-order valence-corrected chi connectivity index (χ4v) is 8.93. The third-order valence-corrected chi connectivity index (χ3v) is 11.6. The van der Waals surface area contributed by atoms with E-state index in [4.69, 9.17) is 14.6 Å². The first-order valence-electron chi connectivity index (χ1n) is 15.7. The van der Waals surface area contributed by atoms with Crippen LogP contribution in [0.25, 0.3) is 0 Å². The minimum Gasteiger partial charge on any atom is -0.491 e. The van der Waals surface area contributed by atoms with Crippen LogP contribution >= 0.6 is 0 Å². The van der Waals surface area contributed by atoms with Gasteiger partial charge in [-0.1, -0.05) is 6.92 Å². The summed E-state index contributed by atoms with van der Waals surface area (Å²) >= 11 is 0. The van der Waals surface area contributed by atoms with Crippen LogP contribution in [0, 0.1) is 23.2 Å². The molecule has 14 heteroatoms. The lowest BCUT2D eigenvalue weighted by atomic mass is 9.50. The fourth-order valence-electron chi connectivity index (χ4n) is 8.93. The molecule has 6 atom stereocenters. The van der Waals surface area contributed by atoms with Crippen LogP contribution in [-0.4, -0.2) is 81.8 Å². The van der Waals surface area contributed by atoms with E-state index in [0.717, 1.165) is 18.2 Å². The van der Waals surface area contributed by atoms with Crippen LogP contribution in [0.2, 0.25) is 0 Å². The molecule has 5 unspecified atom stereocenters. The lowest BCUT2D eigenvalue weighted by molar-refractivity contribution is -0.152. The molecule has 1 amide bonds. The number of aromatic nitrogens is 2. The van der Waals surface area contributed by atoms with E-state index in [0.29, 0.717) is 56.3 Å². The first-order chi connectivity index (χ1) is 21.8. The van der Waals surface area contributed by atoms with Crippen LogP contribution < -0.4 is 15.0 Å². The Morgan fingerprint density at radius 3 is 2.61 bits per heavy atom. The summed E-state index contributed by atoms with van der Waals surface area (Å²) in [5.74, 6) is -2.10. The van der Waals surface area contributed by atoms with Crippen LogP contribution in [0.1, 0.15) is 67.1 Å². The quantitative estimate of drug-likeness (QED) is 0.336. The molecule has 1 aromatic carbocycles. The van der Waals surface area contributed by atoms with Crippen molar-refractivity contribution in [2.24, 2.45) is 23.2 Å². The minimum absolute atomic E-state index is 0.0254. The van der Waals surface area contributed by atoms with Gasteiger partial charge in [-0.25, -0.2) is 14.8 Å². The van der Waals surface area contributed by atoms with Gasteiger partial charge in [0.05, 0.1) is 12.2 Å². The average Bonchev–Trinajstić information content (AvgIpc) is 3.36. The van der Waals surface area contributed by atoms with Gasteiger partial charge in [0.15, 0.2) is 5.69 Å². The SMILES string of the molecule is CC12CC3CC1CC2CC3(NC(=O)c1cnc(N2CC3(CCOCC3)c3cc(OC[C@H](O)CO)ccc32)nc1C(F)(F)F)C(=O)O. The number of carboxylic acids is 1. The Morgan fingerprint density at radius 2 is 1.91 bits per heavy atom. The van der Waals surface area contributed by atoms with Gasteiger partial charge in [-0.15, -0.1) is 0 Å². The Kier molecular flexibility index (Phi) is 7.29. The molecule has 4 fully saturated rings. The number of alkyl halides is 3. The first-order valence-corrected chi connectivity index (χ1v) is 15.7. The number of hydrogen-bond acceptors (Lipinski definition) is 9. The normalized spacial score (nSPS) is 31.3. The molecule has 5 aliphatic rings. The van der Waals surface area contributed by atoms with Crippen LogP contribution in [0.4, 0.5) is 24.8 Å². The number of halogens is 3. The highest BCUT2D eigenvalue weighted by atomic mass is 19.4. The maximum atomic E-state index is 14.6. The number of benzene rings is 1. The van der Waals surface area contributed by atoms with Gasteiger partial charge in [0, 0.05) is 37.1 Å². The number of rotatable bonds is 8. The number of hydrogen-bond donors (Lipinski definition) is 4. The molecule has 0 radical (unpaired) electrons. The Bertz CT molecular complexity index is 1570. The number of nitrogens with zero attached hydrogens (tertiary/aromatic N) is 3. The van der Waals surface area contributed by atoms with Crippen LogP contribution in [0.15, 0.2) is 24.4 Å². The zero-order chi connectivity index (χ0) is 32.6. The van der Waals surface area contributed by atoms with Crippen molar-refractivity contribution in [2.75, 3.05) is 37.9 Å². The Hall–Kier alpha value is -3.49. The summed E-state index contributed by atoms with van der Waals surface area (Å²) in [5, 5.41) is 31.7. The molecule has 4 N–H and O–H groups in total. The second-order valence-electron chi connectivity index (χ2n) is 13.9. The predicted octanol–water partition coefficient (Wildman–Crippen LogP) is 3.44. The van der Waals surface area contributed by atoms with Crippen LogP contribution in [0.5, 0.6) is 5.75 Å². The molecular weight excluding hydrogens is 609 g/mol. The van der Waals surface area contributed by atoms with Crippen molar-refractivity contribution in [3.05, 3.63) is 41.2 Å². The van der Waals surface area contributed by atoms with Gasteiger partial charge in [-0.2, -0.15) is 13.2 Å². The van der Waals surface area contributed by atoms with Crippen molar-refractivity contribution in [1.82, 2.24) is 15.3 Å². The van der Waals surface area contributed by atoms with E-state index < -0.39 is 53.0 Å². The number of amides is 1. The van der Waals surface area contributed by atoms with Gasteiger partial charge in [-0.3, -0.25) is 4.79 Å². The smallest absolute Gasteiger partial charge is 0.434 e. The van der Waals surface area contributed by atoms with Gasteiger partial charge in [0.1, 0.15) is 24.0 Å². The summed E-state index contributed by atoms with van der Waals surface area (Å²) in [6, 6.07) is 5.09. The molecule has 11 nitrogen and oxygen atoms in total. The van der Waals surface area contributed by atoms with Crippen molar-refractivity contribution in [3.63, 3.8) is 0 Å². The number of carbonyl (C=O) groups is 2. The van der Waals surface area contributed by atoms with Gasteiger partial charge in [0.2, 0.25) is 5.95 Å². The van der Waals surface area contributed by atoms with Crippen molar-refractivity contribution >= 4 is 23.5 Å². The number of ether oxygens (including phenoxy) is 2. The number of nitrogens with one attached hydrogen (secondary N) is 1. The zero-order valence-electron chi connectivity index (χ0n) is 25.3. The van der Waals surface area contributed by atoms with E-state index in [2.05, 4.69) is 22.2 Å². The molecule has 46 heavy (non-hydrogen) atoms. The summed E-state index contributed by atoms with van der Waals surface area (Å²) < 4.78 is 55.0. The summed E-state index contributed by atoms with van der Waals surface area (Å²) in [4.78, 5) is 36.0. The number of aliphatic carboxylic acids is 1. The Morgan fingerprint density at radius 1 is 1.17 bits per heavy atom. The van der Waals surface area contributed by atoms with E-state index >= 15 is 0 Å². The topological polar surface area (TPSA) is 154 Å². The zero-order valence-corrected chi connectivity index (χ0v) is 25.3. The van der Waals surface area contributed by atoms with Crippen molar-refractivity contribution in [3.8, 4) is 5.75 Å². The third kappa shape index (κ3) is 4.74. The third-order valence-electron chi connectivity index (χ3n) is 11.6. The second kappa shape index (κ2) is 10.8. The first kappa shape index (κ1) is 31.1. The predicted molar refractivity (Wildman–Crippen MR) is 156 cm³/mol. The lowest BCUT2D eigenvalue weighted by Gasteiger charge is -2.55. The van der Waals surface area contributed by atoms with Gasteiger partial charge in [0.25, 0.3) is 5.91 Å². The van der Waals surface area contributed by atoms with E-state index in [9.17, 15) is 33.0 Å². The van der Waals surface area contributed by atoms with E-state index in [1.54, 1.807) is 23.1 Å². The highest BCUT2D eigenvalue weighted by Gasteiger charge is 2.69. The lowest BCUT2D eigenvalue weighted by Crippen LogP contribution is -2.63. The molecule has 3 aliphatic carbocycles. The molecular formula is C32H37F3N4O7. The minimum atomic E-state index is -5.02. The summed E-state index contributed by atoms with van der Waals surface area (Å²) in [7, 11) is 0. The molecule has 7 rings (SSSR count).